The number of amides is 2. The third-order valence-corrected chi connectivity index (χ3v) is 10.4. The summed E-state index contributed by atoms with van der Waals surface area (Å²) in [6.07, 6.45) is 7.12. The van der Waals surface area contributed by atoms with Gasteiger partial charge in [-0.15, -0.1) is 6.58 Å². The summed E-state index contributed by atoms with van der Waals surface area (Å²) in [5.41, 5.74) is 2.94. The molecule has 5 rings (SSSR count). The number of carbonyl (C=O) groups is 2. The molecule has 0 bridgehead atoms. The zero-order valence-corrected chi connectivity index (χ0v) is 30.8. The lowest BCUT2D eigenvalue weighted by Gasteiger charge is -2.59. The van der Waals surface area contributed by atoms with Crippen LogP contribution in [-0.4, -0.2) is 85.4 Å². The van der Waals surface area contributed by atoms with E-state index in [0.29, 0.717) is 42.2 Å². The van der Waals surface area contributed by atoms with Crippen molar-refractivity contribution in [3.05, 3.63) is 83.7 Å². The summed E-state index contributed by atoms with van der Waals surface area (Å²) in [5, 5.41) is 26.7. The van der Waals surface area contributed by atoms with E-state index in [4.69, 9.17) is 23.8 Å². The zero-order chi connectivity index (χ0) is 38.0. The van der Waals surface area contributed by atoms with Gasteiger partial charge in [0.1, 0.15) is 30.5 Å². The highest BCUT2D eigenvalue weighted by Crippen LogP contribution is 2.62. The van der Waals surface area contributed by atoms with Crippen LogP contribution >= 0.6 is 0 Å². The fourth-order valence-electron chi connectivity index (χ4n) is 8.32. The number of nitrogens with zero attached hydrogens (tertiary/aromatic N) is 2. The molecule has 0 spiro atoms. The molecule has 6 atom stereocenters. The summed E-state index contributed by atoms with van der Waals surface area (Å²) in [7, 11) is 2.78. The molecule has 0 aromatic heterocycles. The number of aliphatic hydroxyl groups excluding tert-OH is 2. The first-order chi connectivity index (χ1) is 25.7. The molecular weight excluding hydrogens is 685 g/mol. The lowest BCUT2D eigenvalue weighted by atomic mass is 9.55. The van der Waals surface area contributed by atoms with E-state index in [2.05, 4.69) is 23.1 Å². The van der Waals surface area contributed by atoms with Crippen LogP contribution in [0.2, 0.25) is 0 Å². The first-order valence-corrected chi connectivity index (χ1v) is 18.4. The number of unbranched alkanes of at least 4 members (excludes halogenated alkanes) is 2. The maximum absolute atomic E-state index is 14.0. The highest BCUT2D eigenvalue weighted by Gasteiger charge is 2.65. The molecule has 6 unspecified atom stereocenters. The first kappa shape index (κ1) is 39.7. The zero-order valence-electron chi connectivity index (χ0n) is 30.8. The van der Waals surface area contributed by atoms with Gasteiger partial charge in [-0.2, -0.15) is 0 Å². The van der Waals surface area contributed by atoms with Crippen LogP contribution in [0.4, 0.5) is 14.0 Å². The van der Waals surface area contributed by atoms with Crippen molar-refractivity contribution in [2.75, 3.05) is 40.6 Å². The SMILES string of the molecule is C=CCOC12Oc3ccc(OC(=O)NCC)cc3C3C(CCCCO)C(CCCCO)C=C(C(=NOC)CC1N(Cc1ccc(F)cc1)C(=O)OC)C32. The van der Waals surface area contributed by atoms with Crippen molar-refractivity contribution < 1.29 is 48.0 Å². The number of allylic oxidation sites excluding steroid dienone is 1. The van der Waals surface area contributed by atoms with E-state index in [1.54, 1.807) is 42.2 Å². The van der Waals surface area contributed by atoms with Crippen LogP contribution in [-0.2, 0) is 20.9 Å². The van der Waals surface area contributed by atoms with Crippen LogP contribution in [0.25, 0.3) is 0 Å². The summed E-state index contributed by atoms with van der Waals surface area (Å²) >= 11 is 0. The molecule has 0 saturated heterocycles. The standard InChI is InChI=1S/C40H52FN3O9/c1-5-21-51-40-35(44(39(48)49-3)25-26-13-15-28(41)16-14-26)24-33(43-50-4)31-22-27(11-7-9-19-45)30(12-8-10-20-46)36(37(31)40)32-23-29(17-18-34(32)53-40)52-38(47)42-6-2/h5,13-18,22-23,27,30,35-37,45-46H,1,6-12,19-21,24-25H2,2-4H3,(H,42,47). The maximum atomic E-state index is 14.0. The van der Waals surface area contributed by atoms with Crippen LogP contribution in [0.3, 0.4) is 0 Å². The summed E-state index contributed by atoms with van der Waals surface area (Å²) < 4.78 is 39.0. The molecule has 2 aromatic rings. The predicted octanol–water partition coefficient (Wildman–Crippen LogP) is 6.47. The number of halogens is 1. The van der Waals surface area contributed by atoms with Gasteiger partial charge in [-0.05, 0) is 85.9 Å². The first-order valence-electron chi connectivity index (χ1n) is 18.4. The molecule has 53 heavy (non-hydrogen) atoms. The Hall–Kier alpha value is -4.46. The van der Waals surface area contributed by atoms with E-state index >= 15 is 0 Å². The second-order valence-electron chi connectivity index (χ2n) is 13.6. The lowest BCUT2D eigenvalue weighted by molar-refractivity contribution is -0.256. The molecule has 2 aliphatic carbocycles. The molecule has 1 saturated carbocycles. The summed E-state index contributed by atoms with van der Waals surface area (Å²) in [6.45, 7) is 6.40. The van der Waals surface area contributed by atoms with E-state index in [-0.39, 0.29) is 50.5 Å². The minimum absolute atomic E-state index is 0.0192. The largest absolute Gasteiger partial charge is 0.459 e. The molecule has 288 valence electrons. The number of carbonyl (C=O) groups excluding carboxylic acids is 2. The van der Waals surface area contributed by atoms with Gasteiger partial charge in [0.25, 0.3) is 0 Å². The number of fused-ring (bicyclic) bond motifs is 2. The molecule has 1 aliphatic heterocycles. The second kappa shape index (κ2) is 18.5. The van der Waals surface area contributed by atoms with Gasteiger partial charge in [-0.1, -0.05) is 42.3 Å². The van der Waals surface area contributed by atoms with Gasteiger partial charge < -0.3 is 39.3 Å². The van der Waals surface area contributed by atoms with Gasteiger partial charge in [-0.25, -0.2) is 14.0 Å². The van der Waals surface area contributed by atoms with Crippen molar-refractivity contribution in [3.8, 4) is 11.5 Å². The van der Waals surface area contributed by atoms with Crippen LogP contribution < -0.4 is 14.8 Å². The van der Waals surface area contributed by atoms with Crippen LogP contribution in [0, 0.1) is 23.6 Å². The highest BCUT2D eigenvalue weighted by atomic mass is 19.1. The summed E-state index contributed by atoms with van der Waals surface area (Å²) in [6, 6.07) is 10.4. The molecule has 12 nitrogen and oxygen atoms in total. The van der Waals surface area contributed by atoms with Crippen LogP contribution in [0.1, 0.15) is 68.9 Å². The van der Waals surface area contributed by atoms with Crippen molar-refractivity contribution >= 4 is 17.9 Å². The smallest absolute Gasteiger partial charge is 0.412 e. The van der Waals surface area contributed by atoms with Gasteiger partial charge in [0.05, 0.1) is 25.3 Å². The molecule has 13 heteroatoms. The quantitative estimate of drug-likeness (QED) is 0.0945. The average Bonchev–Trinajstić information content (AvgIpc) is 3.15. The Morgan fingerprint density at radius 1 is 1.09 bits per heavy atom. The third kappa shape index (κ3) is 8.69. The monoisotopic (exact) mass is 737 g/mol. The molecule has 3 N–H and O–H groups in total. The van der Waals surface area contributed by atoms with E-state index < -0.39 is 35.8 Å². The molecule has 1 heterocycles. The Balaban J connectivity index is 1.77. The highest BCUT2D eigenvalue weighted by molar-refractivity contribution is 6.03. The van der Waals surface area contributed by atoms with Crippen molar-refractivity contribution in [2.45, 2.75) is 76.2 Å². The molecule has 2 amide bonds. The van der Waals surface area contributed by atoms with E-state index in [9.17, 15) is 24.2 Å². The van der Waals surface area contributed by atoms with E-state index in [1.807, 2.05) is 6.07 Å². The maximum Gasteiger partial charge on any atom is 0.412 e. The lowest BCUT2D eigenvalue weighted by Crippen LogP contribution is -2.70. The van der Waals surface area contributed by atoms with Crippen molar-refractivity contribution in [1.82, 2.24) is 10.2 Å². The topological polar surface area (TPSA) is 148 Å². The van der Waals surface area contributed by atoms with Crippen molar-refractivity contribution in [1.29, 1.82) is 0 Å². The van der Waals surface area contributed by atoms with Crippen LogP contribution in [0.5, 0.6) is 11.5 Å². The molecule has 1 fully saturated rings. The molecule has 3 aliphatic rings. The molecule has 2 aromatic carbocycles. The minimum atomic E-state index is -1.51. The summed E-state index contributed by atoms with van der Waals surface area (Å²) in [5.74, 6) is -1.93. The van der Waals surface area contributed by atoms with Gasteiger partial charge >= 0.3 is 12.2 Å². The fraction of sp³-hybridized carbons (Fsp3) is 0.525. The average molecular weight is 738 g/mol. The van der Waals surface area contributed by atoms with Gasteiger partial charge in [0.15, 0.2) is 0 Å². The Bertz CT molecular complexity index is 1630. The molecular formula is C40H52FN3O9. The number of hydrogen-bond donors (Lipinski definition) is 3. The van der Waals surface area contributed by atoms with Gasteiger partial charge in [-0.3, -0.25) is 4.90 Å². The number of benzene rings is 2. The van der Waals surface area contributed by atoms with Crippen molar-refractivity contribution in [2.24, 2.45) is 22.9 Å². The number of nitrogens with one attached hydrogen (secondary N) is 1. The number of rotatable bonds is 17. The number of aliphatic hydroxyl groups is 2. The van der Waals surface area contributed by atoms with Crippen molar-refractivity contribution in [3.63, 3.8) is 0 Å². The predicted molar refractivity (Wildman–Crippen MR) is 196 cm³/mol. The Kier molecular flexibility index (Phi) is 13.9. The Morgan fingerprint density at radius 3 is 2.49 bits per heavy atom. The normalized spacial score (nSPS) is 24.9. The number of hydrogen-bond acceptors (Lipinski definition) is 10. The van der Waals surface area contributed by atoms with Gasteiger partial charge in [0.2, 0.25) is 5.79 Å². The number of methoxy groups -OCH3 is 1. The summed E-state index contributed by atoms with van der Waals surface area (Å²) in [4.78, 5) is 33.5. The Labute approximate surface area is 310 Å². The molecule has 0 radical (unpaired) electrons. The van der Waals surface area contributed by atoms with Crippen LogP contribution in [0.15, 0.2) is 71.9 Å². The number of oxime groups is 1. The number of ether oxygens (including phenoxy) is 4. The van der Waals surface area contributed by atoms with E-state index in [1.165, 1.54) is 26.4 Å². The third-order valence-electron chi connectivity index (χ3n) is 10.4. The Morgan fingerprint density at radius 2 is 1.83 bits per heavy atom. The van der Waals surface area contributed by atoms with Gasteiger partial charge in [0, 0.05) is 44.2 Å². The van der Waals surface area contributed by atoms with E-state index in [0.717, 1.165) is 36.8 Å². The second-order valence-corrected chi connectivity index (χ2v) is 13.6. The minimum Gasteiger partial charge on any atom is -0.459 e. The fourth-order valence-corrected chi connectivity index (χ4v) is 8.32.